The van der Waals surface area contributed by atoms with Crippen LogP contribution in [0.1, 0.15) is 52.4 Å². The first-order valence-electron chi connectivity index (χ1n) is 7.09. The molecule has 0 aromatic heterocycles. The summed E-state index contributed by atoms with van der Waals surface area (Å²) in [5, 5.41) is 3.56. The fourth-order valence-corrected chi connectivity index (χ4v) is 2.67. The van der Waals surface area contributed by atoms with Crippen molar-refractivity contribution in [3.8, 4) is 0 Å². The first-order chi connectivity index (χ1) is 8.65. The second kappa shape index (κ2) is 7.74. The normalized spacial score (nSPS) is 28.1. The zero-order valence-electron chi connectivity index (χ0n) is 12.0. The molecule has 1 fully saturated rings. The highest BCUT2D eigenvalue weighted by atomic mass is 16.5. The SMILES string of the molecule is CCCNC1(CC(=O)OCC)CCC(OC)CC1. The van der Waals surface area contributed by atoms with Crippen LogP contribution >= 0.6 is 0 Å². The van der Waals surface area contributed by atoms with Gasteiger partial charge in [0.25, 0.3) is 0 Å². The largest absolute Gasteiger partial charge is 0.466 e. The highest BCUT2D eigenvalue weighted by Crippen LogP contribution is 2.32. The summed E-state index contributed by atoms with van der Waals surface area (Å²) in [7, 11) is 1.77. The molecule has 0 unspecified atom stereocenters. The molecule has 18 heavy (non-hydrogen) atoms. The van der Waals surface area contributed by atoms with Crippen molar-refractivity contribution in [3.05, 3.63) is 0 Å². The second-order valence-electron chi connectivity index (χ2n) is 5.12. The molecule has 0 heterocycles. The maximum absolute atomic E-state index is 11.7. The van der Waals surface area contributed by atoms with E-state index in [1.54, 1.807) is 7.11 Å². The van der Waals surface area contributed by atoms with E-state index in [0.717, 1.165) is 38.6 Å². The van der Waals surface area contributed by atoms with Gasteiger partial charge >= 0.3 is 5.97 Å². The maximum Gasteiger partial charge on any atom is 0.307 e. The average Bonchev–Trinajstić information content (AvgIpc) is 2.38. The van der Waals surface area contributed by atoms with Gasteiger partial charge in [-0.05, 0) is 45.6 Å². The van der Waals surface area contributed by atoms with E-state index in [0.29, 0.717) is 19.1 Å². The summed E-state index contributed by atoms with van der Waals surface area (Å²) in [6, 6.07) is 0. The van der Waals surface area contributed by atoms with Crippen molar-refractivity contribution in [2.45, 2.75) is 64.0 Å². The number of carbonyl (C=O) groups is 1. The third kappa shape index (κ3) is 4.58. The molecule has 1 aliphatic carbocycles. The molecular formula is C14H27NO3. The van der Waals surface area contributed by atoms with Gasteiger partial charge in [0, 0.05) is 12.6 Å². The lowest BCUT2D eigenvalue weighted by Gasteiger charge is -2.40. The van der Waals surface area contributed by atoms with E-state index in [9.17, 15) is 4.79 Å². The lowest BCUT2D eigenvalue weighted by molar-refractivity contribution is -0.145. The van der Waals surface area contributed by atoms with Gasteiger partial charge in [-0.3, -0.25) is 4.79 Å². The van der Waals surface area contributed by atoms with Crippen LogP contribution < -0.4 is 5.32 Å². The average molecular weight is 257 g/mol. The maximum atomic E-state index is 11.7. The van der Waals surface area contributed by atoms with Crippen molar-refractivity contribution in [2.24, 2.45) is 0 Å². The van der Waals surface area contributed by atoms with Gasteiger partial charge in [0.15, 0.2) is 0 Å². The van der Waals surface area contributed by atoms with E-state index in [1.165, 1.54) is 0 Å². The predicted molar refractivity (Wildman–Crippen MR) is 71.5 cm³/mol. The van der Waals surface area contributed by atoms with E-state index in [4.69, 9.17) is 9.47 Å². The van der Waals surface area contributed by atoms with Crippen LogP contribution in [0.4, 0.5) is 0 Å². The molecule has 0 radical (unpaired) electrons. The molecular weight excluding hydrogens is 230 g/mol. The fourth-order valence-electron chi connectivity index (χ4n) is 2.67. The molecule has 0 aromatic carbocycles. The van der Waals surface area contributed by atoms with Crippen LogP contribution in [0.3, 0.4) is 0 Å². The van der Waals surface area contributed by atoms with Gasteiger partial charge in [0.1, 0.15) is 0 Å². The minimum absolute atomic E-state index is 0.0721. The Bertz CT molecular complexity index is 247. The van der Waals surface area contributed by atoms with E-state index in [1.807, 2.05) is 6.92 Å². The van der Waals surface area contributed by atoms with Gasteiger partial charge in [0.05, 0.1) is 19.1 Å². The highest BCUT2D eigenvalue weighted by molar-refractivity contribution is 5.71. The summed E-state index contributed by atoms with van der Waals surface area (Å²) in [6.45, 7) is 5.41. The van der Waals surface area contributed by atoms with Crippen LogP contribution in [0, 0.1) is 0 Å². The Balaban J connectivity index is 2.56. The van der Waals surface area contributed by atoms with E-state index < -0.39 is 0 Å². The summed E-state index contributed by atoms with van der Waals surface area (Å²) in [4.78, 5) is 11.7. The van der Waals surface area contributed by atoms with Gasteiger partial charge in [-0.25, -0.2) is 0 Å². The standard InChI is InChI=1S/C14H27NO3/c1-4-10-15-14(11-13(16)18-5-2)8-6-12(17-3)7-9-14/h12,15H,4-11H2,1-3H3. The van der Waals surface area contributed by atoms with Gasteiger partial charge in [-0.2, -0.15) is 0 Å². The molecule has 1 saturated carbocycles. The molecule has 0 aromatic rings. The zero-order valence-corrected chi connectivity index (χ0v) is 12.0. The van der Waals surface area contributed by atoms with Crippen LogP contribution in [-0.4, -0.2) is 37.9 Å². The van der Waals surface area contributed by atoms with Crippen molar-refractivity contribution in [1.29, 1.82) is 0 Å². The fraction of sp³-hybridized carbons (Fsp3) is 0.929. The predicted octanol–water partition coefficient (Wildman–Crippen LogP) is 2.27. The summed E-state index contributed by atoms with van der Waals surface area (Å²) < 4.78 is 10.5. The third-order valence-electron chi connectivity index (χ3n) is 3.76. The van der Waals surface area contributed by atoms with Gasteiger partial charge in [-0.15, -0.1) is 0 Å². The molecule has 0 amide bonds. The van der Waals surface area contributed by atoms with E-state index >= 15 is 0 Å². The Morgan fingerprint density at radius 3 is 2.50 bits per heavy atom. The number of carbonyl (C=O) groups excluding carboxylic acids is 1. The lowest BCUT2D eigenvalue weighted by Crippen LogP contribution is -2.50. The third-order valence-corrected chi connectivity index (χ3v) is 3.76. The van der Waals surface area contributed by atoms with Crippen LogP contribution in [-0.2, 0) is 14.3 Å². The molecule has 0 saturated heterocycles. The Hall–Kier alpha value is -0.610. The van der Waals surface area contributed by atoms with Gasteiger partial charge in [-0.1, -0.05) is 6.92 Å². The van der Waals surface area contributed by atoms with Crippen molar-refractivity contribution in [3.63, 3.8) is 0 Å². The number of hydrogen-bond acceptors (Lipinski definition) is 4. The summed E-state index contributed by atoms with van der Waals surface area (Å²) >= 11 is 0. The second-order valence-corrected chi connectivity index (χ2v) is 5.12. The summed E-state index contributed by atoms with van der Waals surface area (Å²) in [6.07, 6.45) is 5.94. The molecule has 4 nitrogen and oxygen atoms in total. The number of ether oxygens (including phenoxy) is 2. The zero-order chi connectivity index (χ0) is 13.4. The van der Waals surface area contributed by atoms with E-state index in [-0.39, 0.29) is 11.5 Å². The number of rotatable bonds is 7. The van der Waals surface area contributed by atoms with Crippen molar-refractivity contribution < 1.29 is 14.3 Å². The Kier molecular flexibility index (Phi) is 6.65. The topological polar surface area (TPSA) is 47.6 Å². The monoisotopic (exact) mass is 257 g/mol. The van der Waals surface area contributed by atoms with Crippen molar-refractivity contribution in [2.75, 3.05) is 20.3 Å². The molecule has 0 spiro atoms. The van der Waals surface area contributed by atoms with E-state index in [2.05, 4.69) is 12.2 Å². The van der Waals surface area contributed by atoms with Crippen LogP contribution in [0.15, 0.2) is 0 Å². The summed E-state index contributed by atoms with van der Waals surface area (Å²) in [5.41, 5.74) is -0.0721. The van der Waals surface area contributed by atoms with Crippen LogP contribution in [0.25, 0.3) is 0 Å². The minimum atomic E-state index is -0.0861. The summed E-state index contributed by atoms with van der Waals surface area (Å²) in [5.74, 6) is -0.0861. The molecule has 0 bridgehead atoms. The van der Waals surface area contributed by atoms with Crippen LogP contribution in [0.2, 0.25) is 0 Å². The molecule has 106 valence electrons. The Morgan fingerprint density at radius 2 is 2.00 bits per heavy atom. The minimum Gasteiger partial charge on any atom is -0.466 e. The number of hydrogen-bond donors (Lipinski definition) is 1. The molecule has 1 aliphatic rings. The smallest absolute Gasteiger partial charge is 0.307 e. The Labute approximate surface area is 110 Å². The molecule has 0 aliphatic heterocycles. The number of esters is 1. The quantitative estimate of drug-likeness (QED) is 0.711. The molecule has 1 N–H and O–H groups in total. The first kappa shape index (κ1) is 15.4. The highest BCUT2D eigenvalue weighted by Gasteiger charge is 2.37. The first-order valence-corrected chi connectivity index (χ1v) is 7.09. The number of nitrogens with one attached hydrogen (secondary N) is 1. The van der Waals surface area contributed by atoms with Crippen molar-refractivity contribution in [1.82, 2.24) is 5.32 Å². The lowest BCUT2D eigenvalue weighted by atomic mass is 9.78. The van der Waals surface area contributed by atoms with Crippen LogP contribution in [0.5, 0.6) is 0 Å². The number of methoxy groups -OCH3 is 1. The van der Waals surface area contributed by atoms with Gasteiger partial charge in [0.2, 0.25) is 0 Å². The molecule has 1 rings (SSSR count). The van der Waals surface area contributed by atoms with Gasteiger partial charge < -0.3 is 14.8 Å². The Morgan fingerprint density at radius 1 is 1.33 bits per heavy atom. The molecule has 0 atom stereocenters. The van der Waals surface area contributed by atoms with Crippen molar-refractivity contribution >= 4 is 5.97 Å². The molecule has 4 heteroatoms.